The second-order valence-corrected chi connectivity index (χ2v) is 10.5. The minimum atomic E-state index is -4.45. The Morgan fingerprint density at radius 3 is 2.59 bits per heavy atom. The van der Waals surface area contributed by atoms with Crippen molar-refractivity contribution in [3.05, 3.63) is 114 Å². The predicted octanol–water partition coefficient (Wildman–Crippen LogP) is 6.15. The molecule has 0 saturated carbocycles. The number of allylic oxidation sites excluding steroid dienone is 1. The Hall–Kier alpha value is -5.23. The molecule has 12 heteroatoms. The molecule has 0 atom stereocenters. The number of H-pyrrole nitrogens is 1. The van der Waals surface area contributed by atoms with Gasteiger partial charge < -0.3 is 10.7 Å². The first-order valence-corrected chi connectivity index (χ1v) is 13.4. The van der Waals surface area contributed by atoms with Crippen LogP contribution in [-0.4, -0.2) is 30.4 Å². The Morgan fingerprint density at radius 1 is 1.05 bits per heavy atom. The third kappa shape index (κ3) is 5.32. The van der Waals surface area contributed by atoms with Gasteiger partial charge >= 0.3 is 0 Å². The summed E-state index contributed by atoms with van der Waals surface area (Å²) in [6, 6.07) is 12.4. The number of hydrogen-bond donors (Lipinski definition) is 3. The molecule has 2 heterocycles. The molecule has 5 rings (SSSR count). The van der Waals surface area contributed by atoms with Gasteiger partial charge in [0.25, 0.3) is 10.0 Å². The molecule has 0 bridgehead atoms. The second kappa shape index (κ2) is 10.7. The minimum Gasteiger partial charge on any atom is -0.397 e. The van der Waals surface area contributed by atoms with Gasteiger partial charge in [-0.3, -0.25) is 14.5 Å². The number of anilines is 2. The summed E-state index contributed by atoms with van der Waals surface area (Å²) in [5.74, 6) is -4.51. The Morgan fingerprint density at radius 2 is 1.85 bits per heavy atom. The first-order valence-electron chi connectivity index (χ1n) is 11.9. The molecule has 5 aromatic rings. The lowest BCUT2D eigenvalue weighted by atomic mass is 9.99. The number of ketones is 1. The lowest BCUT2D eigenvalue weighted by Gasteiger charge is -2.12. The molecule has 0 aliphatic rings. The maximum atomic E-state index is 15.5. The van der Waals surface area contributed by atoms with Crippen molar-refractivity contribution in [2.45, 2.75) is 4.90 Å². The van der Waals surface area contributed by atoms with Gasteiger partial charge in [-0.05, 0) is 54.1 Å². The number of nitrogens with two attached hydrogens (primary N) is 1. The van der Waals surface area contributed by atoms with Crippen molar-refractivity contribution in [1.82, 2.24) is 9.97 Å². The number of rotatable bonds is 8. The highest BCUT2D eigenvalue weighted by atomic mass is 32.2. The molecule has 8 nitrogen and oxygen atoms in total. The maximum Gasteiger partial charge on any atom is 0.262 e. The normalized spacial score (nSPS) is 11.7. The molecular formula is C29H20F3N5O3S. The number of pyridine rings is 1. The smallest absolute Gasteiger partial charge is 0.262 e. The van der Waals surface area contributed by atoms with Crippen molar-refractivity contribution in [3.63, 3.8) is 0 Å². The molecule has 2 aromatic heterocycles. The molecule has 0 fully saturated rings. The van der Waals surface area contributed by atoms with E-state index in [9.17, 15) is 22.0 Å². The largest absolute Gasteiger partial charge is 0.397 e. The molecule has 0 amide bonds. The van der Waals surface area contributed by atoms with Crippen molar-refractivity contribution in [2.24, 2.45) is 4.99 Å². The molecule has 0 spiro atoms. The van der Waals surface area contributed by atoms with Gasteiger partial charge in [-0.1, -0.05) is 24.8 Å². The zero-order chi connectivity index (χ0) is 29.3. The first kappa shape index (κ1) is 27.3. The monoisotopic (exact) mass is 575 g/mol. The molecule has 0 aliphatic heterocycles. The number of hydrogen-bond acceptors (Lipinski definition) is 6. The predicted molar refractivity (Wildman–Crippen MR) is 151 cm³/mol. The third-order valence-corrected chi connectivity index (χ3v) is 7.49. The number of carbonyl (C=O) groups excluding carboxylic acids is 1. The Labute approximate surface area is 232 Å². The van der Waals surface area contributed by atoms with Gasteiger partial charge in [0, 0.05) is 35.1 Å². The van der Waals surface area contributed by atoms with Crippen LogP contribution in [-0.2, 0) is 10.0 Å². The van der Waals surface area contributed by atoms with Crippen molar-refractivity contribution in [2.75, 3.05) is 10.5 Å². The fourth-order valence-corrected chi connectivity index (χ4v) is 5.24. The number of aliphatic imine (C=N–C) groups is 1. The molecule has 0 unspecified atom stereocenters. The average molecular weight is 576 g/mol. The summed E-state index contributed by atoms with van der Waals surface area (Å²) in [7, 11) is -4.45. The van der Waals surface area contributed by atoms with Crippen LogP contribution in [0.15, 0.2) is 95.6 Å². The van der Waals surface area contributed by atoms with Gasteiger partial charge in [0.2, 0.25) is 5.78 Å². The summed E-state index contributed by atoms with van der Waals surface area (Å²) in [6.45, 7) is 3.57. The van der Waals surface area contributed by atoms with Crippen molar-refractivity contribution >= 4 is 50.1 Å². The van der Waals surface area contributed by atoms with Crippen LogP contribution < -0.4 is 10.5 Å². The third-order valence-electron chi connectivity index (χ3n) is 6.12. The van der Waals surface area contributed by atoms with E-state index in [2.05, 4.69) is 21.5 Å². The highest BCUT2D eigenvalue weighted by molar-refractivity contribution is 7.92. The van der Waals surface area contributed by atoms with Gasteiger partial charge in [0.05, 0.1) is 27.5 Å². The number of aromatic amines is 1. The van der Waals surface area contributed by atoms with Gasteiger partial charge in [0.15, 0.2) is 5.82 Å². The summed E-state index contributed by atoms with van der Waals surface area (Å²) in [4.78, 5) is 24.2. The van der Waals surface area contributed by atoms with Crippen LogP contribution in [0, 0.1) is 17.5 Å². The molecule has 206 valence electrons. The van der Waals surface area contributed by atoms with Gasteiger partial charge in [0.1, 0.15) is 17.3 Å². The summed E-state index contributed by atoms with van der Waals surface area (Å²) < 4.78 is 71.2. The number of halogens is 3. The van der Waals surface area contributed by atoms with E-state index in [1.807, 2.05) is 4.72 Å². The van der Waals surface area contributed by atoms with E-state index in [1.54, 1.807) is 24.3 Å². The average Bonchev–Trinajstić information content (AvgIpc) is 3.37. The van der Waals surface area contributed by atoms with E-state index < -0.39 is 49.4 Å². The fourth-order valence-electron chi connectivity index (χ4n) is 4.15. The molecule has 3 aromatic carbocycles. The second-order valence-electron chi connectivity index (χ2n) is 8.79. The molecular weight excluding hydrogens is 555 g/mol. The number of nitrogens with one attached hydrogen (secondary N) is 2. The topological polar surface area (TPSA) is 130 Å². The summed E-state index contributed by atoms with van der Waals surface area (Å²) in [6.07, 6.45) is 5.80. The van der Waals surface area contributed by atoms with Gasteiger partial charge in [-0.25, -0.2) is 26.6 Å². The Kier molecular flexibility index (Phi) is 7.16. The van der Waals surface area contributed by atoms with E-state index in [-0.39, 0.29) is 16.6 Å². The fraction of sp³-hybridized carbons (Fsp3) is 0. The zero-order valence-electron chi connectivity index (χ0n) is 21.0. The number of aromatic nitrogens is 2. The van der Waals surface area contributed by atoms with Crippen LogP contribution in [0.2, 0.25) is 0 Å². The molecule has 0 radical (unpaired) electrons. The van der Waals surface area contributed by atoms with Crippen LogP contribution >= 0.6 is 0 Å². The van der Waals surface area contributed by atoms with Crippen LogP contribution in [0.1, 0.15) is 15.9 Å². The molecule has 0 saturated heterocycles. The summed E-state index contributed by atoms with van der Waals surface area (Å²) >= 11 is 0. The van der Waals surface area contributed by atoms with Crippen molar-refractivity contribution in [1.29, 1.82) is 0 Å². The molecule has 4 N–H and O–H groups in total. The van der Waals surface area contributed by atoms with Gasteiger partial charge in [-0.15, -0.1) is 0 Å². The summed E-state index contributed by atoms with van der Waals surface area (Å²) in [5, 5.41) is 0.268. The van der Waals surface area contributed by atoms with Crippen molar-refractivity contribution in [3.8, 4) is 11.1 Å². The van der Waals surface area contributed by atoms with E-state index in [1.165, 1.54) is 30.8 Å². The van der Waals surface area contributed by atoms with Crippen LogP contribution in [0.5, 0.6) is 0 Å². The first-order chi connectivity index (χ1) is 19.6. The number of fused-ring (bicyclic) bond motifs is 1. The highest BCUT2D eigenvalue weighted by Crippen LogP contribution is 2.32. The zero-order valence-corrected chi connectivity index (χ0v) is 21.8. The van der Waals surface area contributed by atoms with E-state index in [4.69, 9.17) is 5.73 Å². The van der Waals surface area contributed by atoms with E-state index in [0.29, 0.717) is 22.5 Å². The SMILES string of the molecule is C=CC=Nc1ccc(-c2cnc3[nH]cc(C(=O)c4c(F)ccc(NS(=O)(=O)c5cccc(F)c5)c4F)c3c2)cc1N. The Balaban J connectivity index is 1.53. The lowest BCUT2D eigenvalue weighted by molar-refractivity contribution is 0.103. The van der Waals surface area contributed by atoms with Crippen LogP contribution in [0.4, 0.5) is 30.2 Å². The van der Waals surface area contributed by atoms with Crippen LogP contribution in [0.25, 0.3) is 22.2 Å². The maximum absolute atomic E-state index is 15.5. The number of benzene rings is 3. The van der Waals surface area contributed by atoms with E-state index in [0.717, 1.165) is 30.3 Å². The minimum absolute atomic E-state index is 0.0996. The quantitative estimate of drug-likeness (QED) is 0.116. The lowest BCUT2D eigenvalue weighted by Crippen LogP contribution is -2.16. The Bertz CT molecular complexity index is 1990. The summed E-state index contributed by atoms with van der Waals surface area (Å²) in [5.41, 5.74) is 6.74. The highest BCUT2D eigenvalue weighted by Gasteiger charge is 2.26. The number of nitrogens with zero attached hydrogens (tertiary/aromatic N) is 2. The standard InChI is InChI=1S/C29H20F3N5O3S/c1-2-10-34-24-8-6-16(12-23(24)33)17-11-20-21(15-36-29(20)35-14-17)28(38)26-22(31)7-9-25(27(26)32)37-41(39,40)19-5-3-4-18(30)13-19/h2-15,37H,1,33H2,(H,35,36). The van der Waals surface area contributed by atoms with E-state index >= 15 is 4.39 Å². The van der Waals surface area contributed by atoms with Crippen molar-refractivity contribution < 1.29 is 26.4 Å². The molecule has 0 aliphatic carbocycles. The van der Waals surface area contributed by atoms with Crippen LogP contribution in [0.3, 0.4) is 0 Å². The van der Waals surface area contributed by atoms with Gasteiger partial charge in [-0.2, -0.15) is 0 Å². The molecule has 41 heavy (non-hydrogen) atoms. The number of sulfonamides is 1. The number of nitrogen functional groups attached to an aromatic ring is 1. The number of carbonyl (C=O) groups is 1.